The molecule has 2 aromatic rings. The molecule has 0 saturated heterocycles. The minimum Gasteiger partial charge on any atom is -0.478 e. The summed E-state index contributed by atoms with van der Waals surface area (Å²) in [7, 11) is 0. The normalized spacial score (nSPS) is 12.7. The first-order valence-electron chi connectivity index (χ1n) is 7.44. The quantitative estimate of drug-likeness (QED) is 0.822. The first-order chi connectivity index (χ1) is 10.1. The summed E-state index contributed by atoms with van der Waals surface area (Å²) >= 11 is 0. The molecule has 2 rings (SSSR count). The topological polar surface area (TPSA) is 75.3 Å². The third kappa shape index (κ3) is 3.08. The fourth-order valence-electron chi connectivity index (χ4n) is 2.74. The number of nitrogens with zero attached hydrogens (tertiary/aromatic N) is 2. The van der Waals surface area contributed by atoms with Gasteiger partial charge in [-0.15, -0.1) is 0 Å². The first kappa shape index (κ1) is 15.5. The number of para-hydroxylation sites is 1. The lowest BCUT2D eigenvalue weighted by molar-refractivity contribution is 0.0698. The highest BCUT2D eigenvalue weighted by Gasteiger charge is 2.18. The van der Waals surface area contributed by atoms with Gasteiger partial charge in [-0.3, -0.25) is 0 Å². The number of rotatable bonds is 7. The Labute approximate surface area is 124 Å². The van der Waals surface area contributed by atoms with Crippen molar-refractivity contribution in [3.8, 4) is 0 Å². The number of imidazole rings is 1. The van der Waals surface area contributed by atoms with Gasteiger partial charge in [-0.05, 0) is 24.5 Å². The van der Waals surface area contributed by atoms with Crippen LogP contribution in [0.2, 0.25) is 0 Å². The van der Waals surface area contributed by atoms with E-state index in [4.69, 9.17) is 5.11 Å². The number of aromatic carboxylic acids is 1. The molecule has 1 aromatic carbocycles. The molecule has 1 aromatic heterocycles. The van der Waals surface area contributed by atoms with Crippen molar-refractivity contribution in [3.05, 3.63) is 29.6 Å². The lowest BCUT2D eigenvalue weighted by Gasteiger charge is -2.17. The lowest BCUT2D eigenvalue weighted by Crippen LogP contribution is -2.15. The number of aryl methyl sites for hydroxylation is 1. The molecule has 5 heteroatoms. The molecule has 0 aliphatic rings. The van der Waals surface area contributed by atoms with E-state index >= 15 is 0 Å². The molecule has 0 spiro atoms. The van der Waals surface area contributed by atoms with Crippen molar-refractivity contribution in [2.45, 2.75) is 39.7 Å². The second kappa shape index (κ2) is 6.72. The molecular weight excluding hydrogens is 268 g/mol. The van der Waals surface area contributed by atoms with Crippen molar-refractivity contribution in [2.75, 3.05) is 6.61 Å². The fourth-order valence-corrected chi connectivity index (χ4v) is 2.74. The average molecular weight is 290 g/mol. The number of aromatic nitrogens is 2. The third-order valence-corrected chi connectivity index (χ3v) is 3.95. The molecule has 0 aliphatic carbocycles. The minimum absolute atomic E-state index is 0.151. The highest BCUT2D eigenvalue weighted by atomic mass is 16.4. The van der Waals surface area contributed by atoms with E-state index in [0.29, 0.717) is 30.0 Å². The summed E-state index contributed by atoms with van der Waals surface area (Å²) in [6, 6.07) is 5.20. The van der Waals surface area contributed by atoms with Gasteiger partial charge >= 0.3 is 5.97 Å². The average Bonchev–Trinajstić information content (AvgIpc) is 2.84. The number of carbonyl (C=O) groups is 1. The zero-order chi connectivity index (χ0) is 15.4. The number of carboxylic acid groups (broad SMARTS) is 1. The highest BCUT2D eigenvalue weighted by molar-refractivity contribution is 6.01. The number of hydrogen-bond donors (Lipinski definition) is 2. The number of benzene rings is 1. The van der Waals surface area contributed by atoms with E-state index in [1.54, 1.807) is 12.1 Å². The standard InChI is InChI=1S/C16H22N2O3/c1-3-11(8-9-19)10-18-14(4-2)17-13-7-5-6-12(15(13)18)16(20)21/h5-7,11,19H,3-4,8-10H2,1-2H3,(H,20,21). The van der Waals surface area contributed by atoms with Crippen LogP contribution in [0, 0.1) is 5.92 Å². The summed E-state index contributed by atoms with van der Waals surface area (Å²) < 4.78 is 2.02. The van der Waals surface area contributed by atoms with Crippen LogP contribution in [-0.2, 0) is 13.0 Å². The summed E-state index contributed by atoms with van der Waals surface area (Å²) in [5.41, 5.74) is 1.71. The fraction of sp³-hybridized carbons (Fsp3) is 0.500. The zero-order valence-electron chi connectivity index (χ0n) is 12.5. The van der Waals surface area contributed by atoms with Crippen LogP contribution in [0.1, 0.15) is 42.9 Å². The summed E-state index contributed by atoms with van der Waals surface area (Å²) in [4.78, 5) is 16.0. The van der Waals surface area contributed by atoms with Crippen molar-refractivity contribution in [1.29, 1.82) is 0 Å². The van der Waals surface area contributed by atoms with Gasteiger partial charge in [0.2, 0.25) is 0 Å². The summed E-state index contributed by atoms with van der Waals surface area (Å²) in [6.07, 6.45) is 2.41. The number of fused-ring (bicyclic) bond motifs is 1. The first-order valence-corrected chi connectivity index (χ1v) is 7.44. The molecule has 0 saturated carbocycles. The molecule has 2 N–H and O–H groups in total. The molecular formula is C16H22N2O3. The predicted molar refractivity (Wildman–Crippen MR) is 81.6 cm³/mol. The molecule has 1 heterocycles. The maximum Gasteiger partial charge on any atom is 0.337 e. The van der Waals surface area contributed by atoms with Crippen molar-refractivity contribution in [3.63, 3.8) is 0 Å². The van der Waals surface area contributed by atoms with E-state index in [1.165, 1.54) is 0 Å². The van der Waals surface area contributed by atoms with E-state index in [2.05, 4.69) is 11.9 Å². The van der Waals surface area contributed by atoms with Gasteiger partial charge in [-0.25, -0.2) is 9.78 Å². The van der Waals surface area contributed by atoms with Crippen molar-refractivity contribution in [1.82, 2.24) is 9.55 Å². The highest BCUT2D eigenvalue weighted by Crippen LogP contribution is 2.24. The van der Waals surface area contributed by atoms with Crippen LogP contribution in [0.5, 0.6) is 0 Å². The summed E-state index contributed by atoms with van der Waals surface area (Å²) in [5, 5.41) is 18.6. The Morgan fingerprint density at radius 3 is 2.71 bits per heavy atom. The van der Waals surface area contributed by atoms with Crippen LogP contribution in [0.4, 0.5) is 0 Å². The third-order valence-electron chi connectivity index (χ3n) is 3.95. The van der Waals surface area contributed by atoms with Crippen molar-refractivity contribution >= 4 is 17.0 Å². The van der Waals surface area contributed by atoms with Gasteiger partial charge in [0.25, 0.3) is 0 Å². The molecule has 0 amide bonds. The number of carboxylic acids is 1. The van der Waals surface area contributed by atoms with Crippen molar-refractivity contribution in [2.24, 2.45) is 5.92 Å². The van der Waals surface area contributed by atoms with Gasteiger partial charge in [0.1, 0.15) is 5.82 Å². The molecule has 5 nitrogen and oxygen atoms in total. The minimum atomic E-state index is -0.931. The monoisotopic (exact) mass is 290 g/mol. The van der Waals surface area contributed by atoms with Crippen molar-refractivity contribution < 1.29 is 15.0 Å². The van der Waals surface area contributed by atoms with Crippen LogP contribution in [0.25, 0.3) is 11.0 Å². The smallest absolute Gasteiger partial charge is 0.337 e. The van der Waals surface area contributed by atoms with Crippen LogP contribution < -0.4 is 0 Å². The van der Waals surface area contributed by atoms with E-state index in [1.807, 2.05) is 17.6 Å². The Morgan fingerprint density at radius 1 is 1.38 bits per heavy atom. The molecule has 1 unspecified atom stereocenters. The van der Waals surface area contributed by atoms with Gasteiger partial charge < -0.3 is 14.8 Å². The van der Waals surface area contributed by atoms with E-state index in [0.717, 1.165) is 24.2 Å². The van der Waals surface area contributed by atoms with Crippen LogP contribution in [0.3, 0.4) is 0 Å². The maximum absolute atomic E-state index is 11.5. The Bertz CT molecular complexity index is 634. The Balaban J connectivity index is 2.56. The Morgan fingerprint density at radius 2 is 2.14 bits per heavy atom. The van der Waals surface area contributed by atoms with E-state index in [-0.39, 0.29) is 6.61 Å². The largest absolute Gasteiger partial charge is 0.478 e. The second-order valence-electron chi connectivity index (χ2n) is 5.26. The summed E-state index contributed by atoms with van der Waals surface area (Å²) in [6.45, 7) is 4.95. The van der Waals surface area contributed by atoms with Crippen LogP contribution in [-0.4, -0.2) is 32.3 Å². The second-order valence-corrected chi connectivity index (χ2v) is 5.26. The zero-order valence-corrected chi connectivity index (χ0v) is 12.5. The van der Waals surface area contributed by atoms with Crippen LogP contribution >= 0.6 is 0 Å². The predicted octanol–water partition coefficient (Wildman–Crippen LogP) is 2.71. The van der Waals surface area contributed by atoms with E-state index in [9.17, 15) is 9.90 Å². The van der Waals surface area contributed by atoms with Gasteiger partial charge in [-0.2, -0.15) is 0 Å². The molecule has 0 radical (unpaired) electrons. The van der Waals surface area contributed by atoms with E-state index < -0.39 is 5.97 Å². The SMILES string of the molecule is CCc1nc2cccc(C(=O)O)c2n1CC(CC)CCO. The van der Waals surface area contributed by atoms with Gasteiger partial charge in [-0.1, -0.05) is 26.3 Å². The van der Waals surface area contributed by atoms with Gasteiger partial charge in [0.15, 0.2) is 0 Å². The molecule has 1 atom stereocenters. The van der Waals surface area contributed by atoms with Gasteiger partial charge in [0, 0.05) is 19.6 Å². The molecule has 114 valence electrons. The molecule has 21 heavy (non-hydrogen) atoms. The molecule has 0 fully saturated rings. The van der Waals surface area contributed by atoms with Crippen LogP contribution in [0.15, 0.2) is 18.2 Å². The molecule has 0 bridgehead atoms. The number of aliphatic hydroxyl groups excluding tert-OH is 1. The lowest BCUT2D eigenvalue weighted by atomic mass is 10.0. The number of aliphatic hydroxyl groups is 1. The Hall–Kier alpha value is -1.88. The Kier molecular flexibility index (Phi) is 4.96. The summed E-state index contributed by atoms with van der Waals surface area (Å²) in [5.74, 6) is 0.286. The van der Waals surface area contributed by atoms with Gasteiger partial charge in [0.05, 0.1) is 16.6 Å². The number of hydrogen-bond acceptors (Lipinski definition) is 3. The molecule has 0 aliphatic heterocycles. The maximum atomic E-state index is 11.5.